The first kappa shape index (κ1) is 70.1. The Hall–Kier alpha value is -1.92. The van der Waals surface area contributed by atoms with Crippen LogP contribution in [0.2, 0.25) is 0 Å². The molecule has 0 aliphatic rings. The van der Waals surface area contributed by atoms with Gasteiger partial charge >= 0.3 is 5.97 Å². The lowest BCUT2D eigenvalue weighted by molar-refractivity contribution is -0.143. The molecule has 72 heavy (non-hydrogen) atoms. The van der Waals surface area contributed by atoms with Gasteiger partial charge in [-0.05, 0) is 57.8 Å². The minimum absolute atomic E-state index is 0.00773. The van der Waals surface area contributed by atoms with Crippen LogP contribution in [-0.4, -0.2) is 47.4 Å². The molecule has 0 aromatic rings. The van der Waals surface area contributed by atoms with Crippen LogP contribution in [0.1, 0.15) is 348 Å². The molecule has 0 spiro atoms. The Morgan fingerprint density at radius 3 is 1.10 bits per heavy atom. The van der Waals surface area contributed by atoms with Crippen molar-refractivity contribution in [3.63, 3.8) is 0 Å². The van der Waals surface area contributed by atoms with Crippen LogP contribution in [0.15, 0.2) is 36.5 Å². The van der Waals surface area contributed by atoms with Gasteiger partial charge in [-0.2, -0.15) is 0 Å². The highest BCUT2D eigenvalue weighted by atomic mass is 16.5. The molecule has 2 unspecified atom stereocenters. The molecule has 2 atom stereocenters. The van der Waals surface area contributed by atoms with Gasteiger partial charge in [0, 0.05) is 12.8 Å². The van der Waals surface area contributed by atoms with E-state index in [0.717, 1.165) is 51.4 Å². The van der Waals surface area contributed by atoms with Crippen LogP contribution in [0.3, 0.4) is 0 Å². The number of aliphatic hydroxyl groups is 2. The number of ether oxygens (including phenoxy) is 1. The molecule has 0 aliphatic heterocycles. The molecule has 424 valence electrons. The fourth-order valence-corrected chi connectivity index (χ4v) is 9.95. The summed E-state index contributed by atoms with van der Waals surface area (Å²) in [5, 5.41) is 23.2. The van der Waals surface area contributed by atoms with E-state index in [1.54, 1.807) is 6.08 Å². The standard InChI is InChI=1S/C66H125NO5/c1-3-5-7-9-11-13-15-17-19-20-21-22-23-24-25-28-31-34-38-42-46-50-54-58-64(69)63(62-68)67-65(70)59-55-51-47-43-39-35-32-29-26-27-30-33-37-41-45-49-53-57-61-72-66(71)60-56-52-48-44-40-36-18-16-14-12-10-8-6-4-2/h10,12,16,18,54,58,63-64,68-69H,3-9,11,13-15,17,19-53,55-57,59-62H2,1-2H3,(H,67,70)/b12-10-,18-16-,58-54+. The number of amides is 1. The van der Waals surface area contributed by atoms with E-state index in [9.17, 15) is 19.8 Å². The summed E-state index contributed by atoms with van der Waals surface area (Å²) in [5.74, 6) is -0.0770. The summed E-state index contributed by atoms with van der Waals surface area (Å²) in [5.41, 5.74) is 0. The van der Waals surface area contributed by atoms with E-state index >= 15 is 0 Å². The molecule has 0 bridgehead atoms. The monoisotopic (exact) mass is 1010 g/mol. The molecule has 0 heterocycles. The molecule has 6 heteroatoms. The van der Waals surface area contributed by atoms with Crippen molar-refractivity contribution in [1.29, 1.82) is 0 Å². The van der Waals surface area contributed by atoms with Gasteiger partial charge in [-0.15, -0.1) is 0 Å². The topological polar surface area (TPSA) is 95.9 Å². The number of aliphatic hydroxyl groups excluding tert-OH is 2. The van der Waals surface area contributed by atoms with Crippen molar-refractivity contribution in [2.45, 2.75) is 360 Å². The number of hydrogen-bond acceptors (Lipinski definition) is 5. The maximum atomic E-state index is 12.5. The lowest BCUT2D eigenvalue weighted by Gasteiger charge is -2.20. The number of rotatable bonds is 60. The second kappa shape index (κ2) is 61.6. The van der Waals surface area contributed by atoms with Gasteiger partial charge in [0.2, 0.25) is 5.91 Å². The lowest BCUT2D eigenvalue weighted by atomic mass is 10.0. The third-order valence-electron chi connectivity index (χ3n) is 14.9. The summed E-state index contributed by atoms with van der Waals surface area (Å²) < 4.78 is 5.47. The van der Waals surface area contributed by atoms with Crippen LogP contribution in [-0.2, 0) is 14.3 Å². The quantitative estimate of drug-likeness (QED) is 0.0320. The lowest BCUT2D eigenvalue weighted by Crippen LogP contribution is -2.45. The number of carbonyl (C=O) groups is 2. The smallest absolute Gasteiger partial charge is 0.305 e. The molecule has 0 saturated carbocycles. The van der Waals surface area contributed by atoms with Gasteiger partial charge in [-0.25, -0.2) is 0 Å². The van der Waals surface area contributed by atoms with Crippen LogP contribution in [0, 0.1) is 0 Å². The number of carbonyl (C=O) groups excluding carboxylic acids is 2. The Morgan fingerprint density at radius 1 is 0.389 bits per heavy atom. The second-order valence-electron chi connectivity index (χ2n) is 22.1. The van der Waals surface area contributed by atoms with Gasteiger partial charge in [-0.1, -0.05) is 314 Å². The van der Waals surface area contributed by atoms with E-state index in [1.807, 2.05) is 6.08 Å². The maximum Gasteiger partial charge on any atom is 0.305 e. The van der Waals surface area contributed by atoms with Crippen LogP contribution < -0.4 is 5.32 Å². The molecular weight excluding hydrogens is 887 g/mol. The summed E-state index contributed by atoms with van der Waals surface area (Å²) in [6.45, 7) is 4.87. The summed E-state index contributed by atoms with van der Waals surface area (Å²) >= 11 is 0. The normalized spacial score (nSPS) is 12.8. The molecule has 6 nitrogen and oxygen atoms in total. The van der Waals surface area contributed by atoms with Crippen molar-refractivity contribution in [3.8, 4) is 0 Å². The first-order chi connectivity index (χ1) is 35.5. The largest absolute Gasteiger partial charge is 0.466 e. The van der Waals surface area contributed by atoms with Crippen molar-refractivity contribution in [1.82, 2.24) is 5.32 Å². The van der Waals surface area contributed by atoms with E-state index in [0.29, 0.717) is 19.4 Å². The highest BCUT2D eigenvalue weighted by molar-refractivity contribution is 5.76. The summed E-state index contributed by atoms with van der Waals surface area (Å²) in [6.07, 6.45) is 77.6. The first-order valence-electron chi connectivity index (χ1n) is 32.3. The number of allylic oxidation sites excluding steroid dienone is 5. The zero-order chi connectivity index (χ0) is 52.2. The molecule has 0 aromatic heterocycles. The fraction of sp³-hybridized carbons (Fsp3) is 0.879. The van der Waals surface area contributed by atoms with Crippen LogP contribution in [0.4, 0.5) is 0 Å². The number of nitrogens with one attached hydrogen (secondary N) is 1. The van der Waals surface area contributed by atoms with Crippen LogP contribution in [0.5, 0.6) is 0 Å². The Kier molecular flexibility index (Phi) is 60.0. The molecule has 0 rings (SSSR count). The van der Waals surface area contributed by atoms with E-state index in [4.69, 9.17) is 4.74 Å². The van der Waals surface area contributed by atoms with Crippen molar-refractivity contribution < 1.29 is 24.5 Å². The molecule has 3 N–H and O–H groups in total. The molecule has 1 amide bonds. The van der Waals surface area contributed by atoms with Crippen LogP contribution in [0.25, 0.3) is 0 Å². The van der Waals surface area contributed by atoms with Crippen molar-refractivity contribution in [2.24, 2.45) is 0 Å². The van der Waals surface area contributed by atoms with Gasteiger partial charge < -0.3 is 20.3 Å². The average molecular weight is 1010 g/mol. The molecule has 0 saturated heterocycles. The van der Waals surface area contributed by atoms with Crippen molar-refractivity contribution in [2.75, 3.05) is 13.2 Å². The van der Waals surface area contributed by atoms with Gasteiger partial charge in [0.05, 0.1) is 25.4 Å². The zero-order valence-corrected chi connectivity index (χ0v) is 48.4. The predicted molar refractivity (Wildman–Crippen MR) is 315 cm³/mol. The molecular formula is C66H125NO5. The highest BCUT2D eigenvalue weighted by Gasteiger charge is 2.18. The maximum absolute atomic E-state index is 12.5. The Bertz CT molecular complexity index is 1170. The predicted octanol–water partition coefficient (Wildman–Crippen LogP) is 20.4. The van der Waals surface area contributed by atoms with Gasteiger partial charge in [0.15, 0.2) is 0 Å². The second-order valence-corrected chi connectivity index (χ2v) is 22.1. The minimum Gasteiger partial charge on any atom is -0.466 e. The number of unbranched alkanes of at least 4 members (excludes halogenated alkanes) is 45. The van der Waals surface area contributed by atoms with E-state index in [2.05, 4.69) is 43.5 Å². The minimum atomic E-state index is -0.849. The Labute approximate surface area is 449 Å². The third-order valence-corrected chi connectivity index (χ3v) is 14.9. The molecule has 0 radical (unpaired) electrons. The summed E-state index contributed by atoms with van der Waals surface area (Å²) in [7, 11) is 0. The van der Waals surface area contributed by atoms with E-state index in [-0.39, 0.29) is 18.5 Å². The van der Waals surface area contributed by atoms with E-state index in [1.165, 1.54) is 270 Å². The molecule has 0 aliphatic carbocycles. The highest BCUT2D eigenvalue weighted by Crippen LogP contribution is 2.18. The summed E-state index contributed by atoms with van der Waals surface area (Å²) in [4.78, 5) is 24.6. The summed E-state index contributed by atoms with van der Waals surface area (Å²) in [6, 6.07) is -0.633. The Balaban J connectivity index is 3.45. The molecule has 0 fully saturated rings. The first-order valence-corrected chi connectivity index (χ1v) is 32.3. The van der Waals surface area contributed by atoms with Gasteiger partial charge in [-0.3, -0.25) is 9.59 Å². The van der Waals surface area contributed by atoms with Crippen molar-refractivity contribution >= 4 is 11.9 Å². The molecule has 0 aromatic carbocycles. The number of esters is 1. The number of hydrogen-bond donors (Lipinski definition) is 3. The van der Waals surface area contributed by atoms with Gasteiger partial charge in [0.1, 0.15) is 0 Å². The van der Waals surface area contributed by atoms with E-state index < -0.39 is 12.1 Å². The average Bonchev–Trinajstić information content (AvgIpc) is 3.38. The Morgan fingerprint density at radius 2 is 0.708 bits per heavy atom. The van der Waals surface area contributed by atoms with Crippen LogP contribution >= 0.6 is 0 Å². The SMILES string of the molecule is CCCC/C=C\C/C=C\CCCCCCCC(=O)OCCCCCCCCCCCCCCCCCCCCC(=O)NC(CO)C(O)/C=C/CCCCCCCCCCCCCCCCCCCCCCC. The van der Waals surface area contributed by atoms with Crippen molar-refractivity contribution in [3.05, 3.63) is 36.5 Å². The zero-order valence-electron chi connectivity index (χ0n) is 48.4. The fourth-order valence-electron chi connectivity index (χ4n) is 9.95. The van der Waals surface area contributed by atoms with Gasteiger partial charge in [0.25, 0.3) is 0 Å². The third kappa shape index (κ3) is 57.4.